The standard InChI is InChI=1S/C22H16F4N2O/c1-29-17-11-5-14(6-12-17)13-28-20-18(22(24,25)26)3-2-4-19(20)27-21(28)15-7-9-16(23)10-8-15/h2-12H,13H2,1H3. The lowest BCUT2D eigenvalue weighted by Crippen LogP contribution is -2.10. The third-order valence-electron chi connectivity index (χ3n) is 4.67. The number of methoxy groups -OCH3 is 1. The number of benzene rings is 3. The van der Waals surface area contributed by atoms with Crippen LogP contribution in [0.1, 0.15) is 11.1 Å². The number of ether oxygens (including phenoxy) is 1. The van der Waals surface area contributed by atoms with Gasteiger partial charge in [-0.25, -0.2) is 9.37 Å². The lowest BCUT2D eigenvalue weighted by Gasteiger charge is -2.14. The van der Waals surface area contributed by atoms with Crippen LogP contribution in [0.2, 0.25) is 0 Å². The van der Waals surface area contributed by atoms with Crippen LogP contribution in [-0.4, -0.2) is 16.7 Å². The molecule has 3 aromatic carbocycles. The van der Waals surface area contributed by atoms with E-state index in [1.165, 1.54) is 34.9 Å². The molecule has 0 unspecified atom stereocenters. The van der Waals surface area contributed by atoms with Gasteiger partial charge in [0.25, 0.3) is 0 Å². The Balaban J connectivity index is 1.94. The third kappa shape index (κ3) is 3.68. The lowest BCUT2D eigenvalue weighted by atomic mass is 10.1. The SMILES string of the molecule is COc1ccc(Cn2c(-c3ccc(F)cc3)nc3cccc(C(F)(F)F)c32)cc1. The Hall–Kier alpha value is -3.35. The molecule has 1 aromatic heterocycles. The topological polar surface area (TPSA) is 27.1 Å². The Labute approximate surface area is 164 Å². The summed E-state index contributed by atoms with van der Waals surface area (Å²) < 4.78 is 61.1. The number of halogens is 4. The maximum Gasteiger partial charge on any atom is 0.418 e. The molecule has 0 aliphatic carbocycles. The maximum absolute atomic E-state index is 13.7. The number of nitrogens with zero attached hydrogens (tertiary/aromatic N) is 2. The molecule has 0 aliphatic heterocycles. The van der Waals surface area contributed by atoms with E-state index < -0.39 is 17.6 Å². The van der Waals surface area contributed by atoms with Gasteiger partial charge in [-0.3, -0.25) is 0 Å². The molecule has 4 rings (SSSR count). The maximum atomic E-state index is 13.7. The van der Waals surface area contributed by atoms with Crippen molar-refractivity contribution in [3.8, 4) is 17.1 Å². The van der Waals surface area contributed by atoms with Crippen LogP contribution >= 0.6 is 0 Å². The van der Waals surface area contributed by atoms with E-state index in [0.717, 1.165) is 11.6 Å². The van der Waals surface area contributed by atoms with Gasteiger partial charge in [0.05, 0.1) is 23.7 Å². The summed E-state index contributed by atoms with van der Waals surface area (Å²) in [6.07, 6.45) is -4.53. The van der Waals surface area contributed by atoms with Crippen molar-refractivity contribution in [1.29, 1.82) is 0 Å². The summed E-state index contributed by atoms with van der Waals surface area (Å²) in [5.74, 6) is 0.564. The molecule has 148 valence electrons. The van der Waals surface area contributed by atoms with Crippen molar-refractivity contribution < 1.29 is 22.3 Å². The van der Waals surface area contributed by atoms with Gasteiger partial charge in [0.2, 0.25) is 0 Å². The first-order valence-electron chi connectivity index (χ1n) is 8.82. The summed E-state index contributed by atoms with van der Waals surface area (Å²) in [4.78, 5) is 4.43. The molecule has 0 radical (unpaired) electrons. The molecule has 0 saturated heterocycles. The molecule has 0 saturated carbocycles. The molecule has 4 aromatic rings. The average Bonchev–Trinajstić information content (AvgIpc) is 3.07. The largest absolute Gasteiger partial charge is 0.497 e. The van der Waals surface area contributed by atoms with Crippen molar-refractivity contribution in [2.45, 2.75) is 12.7 Å². The molecule has 29 heavy (non-hydrogen) atoms. The van der Waals surface area contributed by atoms with Gasteiger partial charge in [-0.2, -0.15) is 13.2 Å². The van der Waals surface area contributed by atoms with Crippen LogP contribution in [0.4, 0.5) is 17.6 Å². The summed E-state index contributed by atoms with van der Waals surface area (Å²) in [6, 6.07) is 16.5. The van der Waals surface area contributed by atoms with Crippen LogP contribution in [0.5, 0.6) is 5.75 Å². The minimum atomic E-state index is -4.53. The predicted octanol–water partition coefficient (Wildman–Crippen LogP) is 5.92. The van der Waals surface area contributed by atoms with E-state index in [2.05, 4.69) is 4.98 Å². The van der Waals surface area contributed by atoms with Gasteiger partial charge in [0.15, 0.2) is 0 Å². The summed E-state index contributed by atoms with van der Waals surface area (Å²) >= 11 is 0. The zero-order valence-electron chi connectivity index (χ0n) is 15.4. The second kappa shape index (κ2) is 7.24. The van der Waals surface area contributed by atoms with E-state index in [4.69, 9.17) is 4.74 Å². The second-order valence-electron chi connectivity index (χ2n) is 6.55. The number of aromatic nitrogens is 2. The van der Waals surface area contributed by atoms with E-state index in [-0.39, 0.29) is 17.6 Å². The second-order valence-corrected chi connectivity index (χ2v) is 6.55. The van der Waals surface area contributed by atoms with Gasteiger partial charge in [-0.1, -0.05) is 18.2 Å². The van der Waals surface area contributed by atoms with Crippen LogP contribution in [0.25, 0.3) is 22.4 Å². The third-order valence-corrected chi connectivity index (χ3v) is 4.67. The van der Waals surface area contributed by atoms with Gasteiger partial charge >= 0.3 is 6.18 Å². The molecule has 0 spiro atoms. The highest BCUT2D eigenvalue weighted by Crippen LogP contribution is 2.37. The van der Waals surface area contributed by atoms with Crippen molar-refractivity contribution >= 4 is 11.0 Å². The summed E-state index contributed by atoms with van der Waals surface area (Å²) in [5, 5.41) is 0. The zero-order chi connectivity index (χ0) is 20.6. The number of fused-ring (bicyclic) bond motifs is 1. The smallest absolute Gasteiger partial charge is 0.418 e. The first-order chi connectivity index (χ1) is 13.9. The number of imidazole rings is 1. The Morgan fingerprint density at radius 1 is 0.931 bits per heavy atom. The van der Waals surface area contributed by atoms with E-state index in [1.807, 2.05) is 0 Å². The number of hydrogen-bond acceptors (Lipinski definition) is 2. The molecule has 0 N–H and O–H groups in total. The van der Waals surface area contributed by atoms with Crippen molar-refractivity contribution in [2.75, 3.05) is 7.11 Å². The Kier molecular flexibility index (Phi) is 4.74. The molecule has 3 nitrogen and oxygen atoms in total. The van der Waals surface area contributed by atoms with E-state index in [9.17, 15) is 17.6 Å². The van der Waals surface area contributed by atoms with Crippen LogP contribution < -0.4 is 4.74 Å². The molecule has 0 bridgehead atoms. The summed E-state index contributed by atoms with van der Waals surface area (Å²) in [5.41, 5.74) is 0.779. The lowest BCUT2D eigenvalue weighted by molar-refractivity contribution is -0.136. The van der Waals surface area contributed by atoms with Gasteiger partial charge in [0.1, 0.15) is 17.4 Å². The number of hydrogen-bond donors (Lipinski definition) is 0. The molecular weight excluding hydrogens is 384 g/mol. The van der Waals surface area contributed by atoms with Gasteiger partial charge in [0, 0.05) is 12.1 Å². The van der Waals surface area contributed by atoms with Crippen LogP contribution in [0.3, 0.4) is 0 Å². The first kappa shape index (κ1) is 19.0. The first-order valence-corrected chi connectivity index (χ1v) is 8.82. The van der Waals surface area contributed by atoms with E-state index in [0.29, 0.717) is 17.1 Å². The van der Waals surface area contributed by atoms with E-state index in [1.54, 1.807) is 37.4 Å². The Morgan fingerprint density at radius 3 is 2.24 bits per heavy atom. The Bertz CT molecular complexity index is 1150. The number of alkyl halides is 3. The minimum absolute atomic E-state index is 0.00450. The molecule has 7 heteroatoms. The van der Waals surface area contributed by atoms with Crippen molar-refractivity contribution in [2.24, 2.45) is 0 Å². The molecule has 0 aliphatic rings. The van der Waals surface area contributed by atoms with Crippen LogP contribution in [0, 0.1) is 5.82 Å². The molecule has 0 fully saturated rings. The van der Waals surface area contributed by atoms with Crippen LogP contribution in [-0.2, 0) is 12.7 Å². The molecule has 1 heterocycles. The minimum Gasteiger partial charge on any atom is -0.497 e. The molecule has 0 amide bonds. The molecule has 0 atom stereocenters. The number of rotatable bonds is 4. The zero-order valence-corrected chi connectivity index (χ0v) is 15.4. The normalized spacial score (nSPS) is 11.8. The predicted molar refractivity (Wildman–Crippen MR) is 102 cm³/mol. The highest BCUT2D eigenvalue weighted by molar-refractivity contribution is 5.84. The van der Waals surface area contributed by atoms with E-state index >= 15 is 0 Å². The highest BCUT2D eigenvalue weighted by atomic mass is 19.4. The quantitative estimate of drug-likeness (QED) is 0.398. The van der Waals surface area contributed by atoms with Crippen LogP contribution in [0.15, 0.2) is 66.7 Å². The monoisotopic (exact) mass is 400 g/mol. The summed E-state index contributed by atoms with van der Waals surface area (Å²) in [7, 11) is 1.54. The average molecular weight is 400 g/mol. The summed E-state index contributed by atoms with van der Waals surface area (Å²) in [6.45, 7) is 0.167. The van der Waals surface area contributed by atoms with Gasteiger partial charge in [-0.05, 0) is 54.1 Å². The van der Waals surface area contributed by atoms with Crippen molar-refractivity contribution in [3.05, 3.63) is 83.7 Å². The van der Waals surface area contributed by atoms with Gasteiger partial charge < -0.3 is 9.30 Å². The fourth-order valence-electron chi connectivity index (χ4n) is 3.30. The highest BCUT2D eigenvalue weighted by Gasteiger charge is 2.34. The molecular formula is C22H16F4N2O. The fraction of sp³-hybridized carbons (Fsp3) is 0.136. The van der Waals surface area contributed by atoms with Crippen molar-refractivity contribution in [1.82, 2.24) is 9.55 Å². The van der Waals surface area contributed by atoms with Gasteiger partial charge in [-0.15, -0.1) is 0 Å². The van der Waals surface area contributed by atoms with Crippen molar-refractivity contribution in [3.63, 3.8) is 0 Å². The number of para-hydroxylation sites is 1. The Morgan fingerprint density at radius 2 is 1.62 bits per heavy atom. The fourth-order valence-corrected chi connectivity index (χ4v) is 3.30.